The lowest BCUT2D eigenvalue weighted by Gasteiger charge is -2.32. The maximum atomic E-state index is 13.0. The van der Waals surface area contributed by atoms with E-state index >= 15 is 0 Å². The van der Waals surface area contributed by atoms with Gasteiger partial charge in [-0.15, -0.1) is 0 Å². The van der Waals surface area contributed by atoms with Crippen molar-refractivity contribution in [2.75, 3.05) is 26.7 Å². The number of halogens is 3. The van der Waals surface area contributed by atoms with Crippen molar-refractivity contribution in [3.8, 4) is 0 Å². The number of hydrogen-bond donors (Lipinski definition) is 1. The number of amides is 2. The largest absolute Gasteiger partial charge is 0.412 e. The number of piperidine rings is 1. The van der Waals surface area contributed by atoms with Gasteiger partial charge in [-0.1, -0.05) is 0 Å². The SMILES string of the molecule is COC1CCCN(C(=O)NCC(n2cncn2)C(F)(F)F)C1. The van der Waals surface area contributed by atoms with Crippen LogP contribution in [0.4, 0.5) is 18.0 Å². The lowest BCUT2D eigenvalue weighted by Crippen LogP contribution is -2.49. The second-order valence-corrected chi connectivity index (χ2v) is 5.06. The first-order chi connectivity index (χ1) is 10.4. The summed E-state index contributed by atoms with van der Waals surface area (Å²) < 4.78 is 44.9. The summed E-state index contributed by atoms with van der Waals surface area (Å²) in [6.07, 6.45) is -1.01. The van der Waals surface area contributed by atoms with E-state index in [-0.39, 0.29) is 6.10 Å². The van der Waals surface area contributed by atoms with Gasteiger partial charge in [-0.05, 0) is 12.8 Å². The third-order valence-corrected chi connectivity index (χ3v) is 3.58. The number of alkyl halides is 3. The quantitative estimate of drug-likeness (QED) is 0.904. The molecule has 124 valence electrons. The Morgan fingerprint density at radius 3 is 2.91 bits per heavy atom. The highest BCUT2D eigenvalue weighted by Crippen LogP contribution is 2.29. The molecule has 1 aliphatic heterocycles. The van der Waals surface area contributed by atoms with Gasteiger partial charge in [0.2, 0.25) is 0 Å². The normalized spacial score (nSPS) is 20.7. The van der Waals surface area contributed by atoms with Crippen LogP contribution in [0.2, 0.25) is 0 Å². The van der Waals surface area contributed by atoms with Crippen molar-refractivity contribution in [1.82, 2.24) is 25.0 Å². The molecule has 1 saturated heterocycles. The van der Waals surface area contributed by atoms with Crippen molar-refractivity contribution in [3.63, 3.8) is 0 Å². The zero-order valence-electron chi connectivity index (χ0n) is 12.1. The van der Waals surface area contributed by atoms with Crippen LogP contribution in [-0.4, -0.2) is 64.7 Å². The first-order valence-corrected chi connectivity index (χ1v) is 6.88. The number of ether oxygens (including phenoxy) is 1. The molecule has 0 aromatic carbocycles. The van der Waals surface area contributed by atoms with Gasteiger partial charge in [0.1, 0.15) is 12.7 Å². The van der Waals surface area contributed by atoms with Gasteiger partial charge in [0.25, 0.3) is 0 Å². The Hall–Kier alpha value is -1.84. The van der Waals surface area contributed by atoms with Gasteiger partial charge in [0.05, 0.1) is 12.6 Å². The summed E-state index contributed by atoms with van der Waals surface area (Å²) in [5, 5.41) is 5.81. The Balaban J connectivity index is 1.93. The Labute approximate surface area is 125 Å². The number of nitrogens with zero attached hydrogens (tertiary/aromatic N) is 4. The fourth-order valence-electron chi connectivity index (χ4n) is 2.35. The van der Waals surface area contributed by atoms with Crippen molar-refractivity contribution in [3.05, 3.63) is 12.7 Å². The Bertz CT molecular complexity index is 480. The van der Waals surface area contributed by atoms with Gasteiger partial charge < -0.3 is 15.0 Å². The van der Waals surface area contributed by atoms with Crippen LogP contribution in [-0.2, 0) is 4.74 Å². The first kappa shape index (κ1) is 16.5. The number of hydrogen-bond acceptors (Lipinski definition) is 4. The van der Waals surface area contributed by atoms with E-state index in [1.165, 1.54) is 4.90 Å². The summed E-state index contributed by atoms with van der Waals surface area (Å²) in [5.74, 6) is 0. The Morgan fingerprint density at radius 2 is 2.32 bits per heavy atom. The minimum atomic E-state index is -4.53. The predicted octanol–water partition coefficient (Wildman–Crippen LogP) is 1.20. The summed E-state index contributed by atoms with van der Waals surface area (Å²) in [4.78, 5) is 17.0. The molecule has 1 fully saturated rings. The molecule has 0 radical (unpaired) electrons. The fourth-order valence-corrected chi connectivity index (χ4v) is 2.35. The van der Waals surface area contributed by atoms with E-state index in [2.05, 4.69) is 15.4 Å². The average Bonchev–Trinajstić information content (AvgIpc) is 3.00. The zero-order chi connectivity index (χ0) is 16.2. The lowest BCUT2D eigenvalue weighted by atomic mass is 10.1. The molecule has 7 nitrogen and oxygen atoms in total. The van der Waals surface area contributed by atoms with Crippen molar-refractivity contribution in [1.29, 1.82) is 0 Å². The molecule has 2 rings (SSSR count). The van der Waals surface area contributed by atoms with Gasteiger partial charge >= 0.3 is 12.2 Å². The molecule has 2 amide bonds. The van der Waals surface area contributed by atoms with Crippen LogP contribution < -0.4 is 5.32 Å². The van der Waals surface area contributed by atoms with Gasteiger partial charge in [0, 0.05) is 20.2 Å². The Morgan fingerprint density at radius 1 is 1.55 bits per heavy atom. The molecule has 0 saturated carbocycles. The van der Waals surface area contributed by atoms with Crippen LogP contribution in [0, 0.1) is 0 Å². The molecule has 1 aliphatic rings. The first-order valence-electron chi connectivity index (χ1n) is 6.88. The van der Waals surface area contributed by atoms with Gasteiger partial charge in [-0.2, -0.15) is 18.3 Å². The minimum Gasteiger partial charge on any atom is -0.380 e. The van der Waals surface area contributed by atoms with Crippen LogP contribution in [0.3, 0.4) is 0 Å². The van der Waals surface area contributed by atoms with Crippen LogP contribution in [0.5, 0.6) is 0 Å². The van der Waals surface area contributed by atoms with Crippen LogP contribution >= 0.6 is 0 Å². The number of carbonyl (C=O) groups excluding carboxylic acids is 1. The Kier molecular flexibility index (Phi) is 5.22. The van der Waals surface area contributed by atoms with Crippen molar-refractivity contribution in [2.24, 2.45) is 0 Å². The molecule has 22 heavy (non-hydrogen) atoms. The maximum absolute atomic E-state index is 13.0. The molecule has 1 aromatic heterocycles. The third-order valence-electron chi connectivity index (χ3n) is 3.58. The highest BCUT2D eigenvalue weighted by atomic mass is 19.4. The second kappa shape index (κ2) is 6.95. The topological polar surface area (TPSA) is 72.3 Å². The van der Waals surface area contributed by atoms with E-state index in [0.717, 1.165) is 25.5 Å². The highest BCUT2D eigenvalue weighted by molar-refractivity contribution is 5.74. The standard InChI is InChI=1S/C12H18F3N5O2/c1-22-9-3-2-4-19(6-9)11(21)17-5-10(12(13,14)15)20-8-16-7-18-20/h7-10H,2-6H2,1H3,(H,17,21). The van der Waals surface area contributed by atoms with E-state index in [4.69, 9.17) is 4.74 Å². The molecular formula is C12H18F3N5O2. The van der Waals surface area contributed by atoms with Crippen molar-refractivity contribution < 1.29 is 22.7 Å². The molecule has 0 bridgehead atoms. The minimum absolute atomic E-state index is 0.0757. The summed E-state index contributed by atoms with van der Waals surface area (Å²) in [7, 11) is 1.55. The molecule has 1 N–H and O–H groups in total. The summed E-state index contributed by atoms with van der Waals surface area (Å²) in [5.41, 5.74) is 0. The van der Waals surface area contributed by atoms with Crippen molar-refractivity contribution in [2.45, 2.75) is 31.2 Å². The molecule has 2 heterocycles. The average molecular weight is 321 g/mol. The number of rotatable bonds is 4. The predicted molar refractivity (Wildman–Crippen MR) is 70.1 cm³/mol. The van der Waals surface area contributed by atoms with Gasteiger partial charge in [-0.3, -0.25) is 0 Å². The number of carbonyl (C=O) groups is 1. The summed E-state index contributed by atoms with van der Waals surface area (Å²) in [6, 6.07) is -2.47. The molecule has 1 aromatic rings. The molecule has 10 heteroatoms. The smallest absolute Gasteiger partial charge is 0.380 e. The lowest BCUT2D eigenvalue weighted by molar-refractivity contribution is -0.168. The molecule has 2 unspecified atom stereocenters. The number of methoxy groups -OCH3 is 1. The maximum Gasteiger partial charge on any atom is 0.412 e. The van der Waals surface area contributed by atoms with E-state index < -0.39 is 24.8 Å². The van der Waals surface area contributed by atoms with Gasteiger partial charge in [-0.25, -0.2) is 14.5 Å². The van der Waals surface area contributed by atoms with Crippen LogP contribution in [0.15, 0.2) is 12.7 Å². The zero-order valence-corrected chi connectivity index (χ0v) is 12.1. The number of urea groups is 1. The number of likely N-dealkylation sites (tertiary alicyclic amines) is 1. The molecule has 2 atom stereocenters. The molecule has 0 aliphatic carbocycles. The highest BCUT2D eigenvalue weighted by Gasteiger charge is 2.42. The molecular weight excluding hydrogens is 303 g/mol. The van der Waals surface area contributed by atoms with E-state index in [0.29, 0.717) is 17.8 Å². The van der Waals surface area contributed by atoms with Crippen LogP contribution in [0.1, 0.15) is 18.9 Å². The van der Waals surface area contributed by atoms with E-state index in [9.17, 15) is 18.0 Å². The third kappa shape index (κ3) is 4.09. The van der Waals surface area contributed by atoms with E-state index in [1.54, 1.807) is 7.11 Å². The van der Waals surface area contributed by atoms with Crippen LogP contribution in [0.25, 0.3) is 0 Å². The van der Waals surface area contributed by atoms with Gasteiger partial charge in [0.15, 0.2) is 6.04 Å². The number of nitrogens with one attached hydrogen (secondary N) is 1. The fraction of sp³-hybridized carbons (Fsp3) is 0.750. The van der Waals surface area contributed by atoms with E-state index in [1.807, 2.05) is 0 Å². The molecule has 0 spiro atoms. The summed E-state index contributed by atoms with van der Waals surface area (Å²) >= 11 is 0. The monoisotopic (exact) mass is 321 g/mol. The second-order valence-electron chi connectivity index (χ2n) is 5.06. The van der Waals surface area contributed by atoms with Crippen molar-refractivity contribution >= 4 is 6.03 Å². The summed E-state index contributed by atoms with van der Waals surface area (Å²) in [6.45, 7) is 0.286. The number of aromatic nitrogens is 3.